The van der Waals surface area contributed by atoms with E-state index in [0.29, 0.717) is 39.0 Å². The Morgan fingerprint density at radius 1 is 0.848 bits per heavy atom. The second-order valence-corrected chi connectivity index (χ2v) is 7.87. The molecule has 0 saturated heterocycles. The summed E-state index contributed by atoms with van der Waals surface area (Å²) in [5.74, 6) is 0.601. The molecule has 5 heteroatoms. The van der Waals surface area contributed by atoms with Crippen LogP contribution in [0.15, 0.2) is 91.0 Å². The van der Waals surface area contributed by atoms with Gasteiger partial charge in [-0.25, -0.2) is 0 Å². The zero-order valence-electron chi connectivity index (χ0n) is 19.2. The average molecular weight is 445 g/mol. The van der Waals surface area contributed by atoms with Gasteiger partial charge in [0.1, 0.15) is 11.8 Å². The predicted octanol–water partition coefficient (Wildman–Crippen LogP) is 4.62. The fraction of sp³-hybridized carbons (Fsp3) is 0.286. The molecule has 0 heterocycles. The lowest BCUT2D eigenvalue weighted by molar-refractivity contribution is -0.141. The highest BCUT2D eigenvalue weighted by Crippen LogP contribution is 2.17. The van der Waals surface area contributed by atoms with Crippen molar-refractivity contribution in [2.45, 2.75) is 38.8 Å². The molecule has 0 aliphatic heterocycles. The highest BCUT2D eigenvalue weighted by molar-refractivity contribution is 5.88. The van der Waals surface area contributed by atoms with Crippen molar-refractivity contribution in [2.75, 3.05) is 13.2 Å². The SMILES string of the molecule is CCNC(=O)[C@@H](Cc1ccccc1)N(Cc1ccccc1)C(=O)CCCOc1ccccc1. The molecule has 0 spiro atoms. The van der Waals surface area contributed by atoms with Crippen molar-refractivity contribution in [3.8, 4) is 5.75 Å². The first-order chi connectivity index (χ1) is 16.2. The van der Waals surface area contributed by atoms with Gasteiger partial charge in [0.05, 0.1) is 6.61 Å². The summed E-state index contributed by atoms with van der Waals surface area (Å²) >= 11 is 0. The maximum absolute atomic E-state index is 13.4. The summed E-state index contributed by atoms with van der Waals surface area (Å²) in [5.41, 5.74) is 2.01. The highest BCUT2D eigenvalue weighted by atomic mass is 16.5. The normalized spacial score (nSPS) is 11.4. The zero-order chi connectivity index (χ0) is 23.3. The van der Waals surface area contributed by atoms with E-state index in [0.717, 1.165) is 16.9 Å². The first kappa shape index (κ1) is 24.1. The van der Waals surface area contributed by atoms with Crippen LogP contribution in [0.25, 0.3) is 0 Å². The van der Waals surface area contributed by atoms with Gasteiger partial charge < -0.3 is 15.0 Å². The molecule has 172 valence electrons. The third-order valence-electron chi connectivity index (χ3n) is 5.36. The van der Waals surface area contributed by atoms with Crippen LogP contribution in [0.4, 0.5) is 0 Å². The summed E-state index contributed by atoms with van der Waals surface area (Å²) < 4.78 is 5.75. The van der Waals surface area contributed by atoms with E-state index in [-0.39, 0.29) is 11.8 Å². The molecule has 0 unspecified atom stereocenters. The molecule has 0 bridgehead atoms. The molecule has 2 amide bonds. The third-order valence-corrected chi connectivity index (χ3v) is 5.36. The Morgan fingerprint density at radius 2 is 1.42 bits per heavy atom. The number of hydrogen-bond acceptors (Lipinski definition) is 3. The van der Waals surface area contributed by atoms with Crippen molar-refractivity contribution in [3.05, 3.63) is 102 Å². The van der Waals surface area contributed by atoms with Crippen LogP contribution >= 0.6 is 0 Å². The summed E-state index contributed by atoms with van der Waals surface area (Å²) in [4.78, 5) is 28.2. The summed E-state index contributed by atoms with van der Waals surface area (Å²) in [6, 6.07) is 28.6. The number of para-hydroxylation sites is 1. The summed E-state index contributed by atoms with van der Waals surface area (Å²) in [6.07, 6.45) is 1.35. The maximum atomic E-state index is 13.4. The molecule has 0 aliphatic rings. The largest absolute Gasteiger partial charge is 0.494 e. The van der Waals surface area contributed by atoms with Crippen LogP contribution in [-0.2, 0) is 22.6 Å². The second kappa shape index (κ2) is 13.1. The topological polar surface area (TPSA) is 58.6 Å². The van der Waals surface area contributed by atoms with Crippen LogP contribution in [0.3, 0.4) is 0 Å². The van der Waals surface area contributed by atoms with Gasteiger partial charge in [-0.3, -0.25) is 9.59 Å². The third kappa shape index (κ3) is 7.79. The molecule has 0 radical (unpaired) electrons. The fourth-order valence-electron chi connectivity index (χ4n) is 3.70. The monoisotopic (exact) mass is 444 g/mol. The fourth-order valence-corrected chi connectivity index (χ4v) is 3.70. The molecule has 3 aromatic carbocycles. The molecule has 0 fully saturated rings. The van der Waals surface area contributed by atoms with Crippen LogP contribution in [0, 0.1) is 0 Å². The number of nitrogens with one attached hydrogen (secondary N) is 1. The number of amides is 2. The van der Waals surface area contributed by atoms with Crippen molar-refractivity contribution in [1.82, 2.24) is 10.2 Å². The zero-order valence-corrected chi connectivity index (χ0v) is 19.2. The van der Waals surface area contributed by atoms with Crippen molar-refractivity contribution in [1.29, 1.82) is 0 Å². The van der Waals surface area contributed by atoms with Crippen LogP contribution in [0.1, 0.15) is 30.9 Å². The van der Waals surface area contributed by atoms with Gasteiger partial charge in [0.2, 0.25) is 11.8 Å². The van der Waals surface area contributed by atoms with E-state index in [9.17, 15) is 9.59 Å². The molecule has 5 nitrogen and oxygen atoms in total. The van der Waals surface area contributed by atoms with Gasteiger partial charge in [0, 0.05) is 25.9 Å². The lowest BCUT2D eigenvalue weighted by Gasteiger charge is -2.31. The number of hydrogen-bond donors (Lipinski definition) is 1. The van der Waals surface area contributed by atoms with Gasteiger partial charge >= 0.3 is 0 Å². The molecule has 0 aliphatic carbocycles. The quantitative estimate of drug-likeness (QED) is 0.415. The van der Waals surface area contributed by atoms with Crippen molar-refractivity contribution in [2.24, 2.45) is 0 Å². The van der Waals surface area contributed by atoms with Gasteiger partial charge in [-0.2, -0.15) is 0 Å². The highest BCUT2D eigenvalue weighted by Gasteiger charge is 2.29. The Morgan fingerprint density at radius 3 is 2.03 bits per heavy atom. The van der Waals surface area contributed by atoms with E-state index >= 15 is 0 Å². The van der Waals surface area contributed by atoms with Gasteiger partial charge in [-0.15, -0.1) is 0 Å². The molecule has 3 aromatic rings. The molecule has 0 saturated carbocycles. The number of rotatable bonds is 12. The van der Waals surface area contributed by atoms with E-state index in [1.54, 1.807) is 4.90 Å². The molecule has 0 aromatic heterocycles. The van der Waals surface area contributed by atoms with Crippen molar-refractivity contribution < 1.29 is 14.3 Å². The predicted molar refractivity (Wildman–Crippen MR) is 131 cm³/mol. The number of carbonyl (C=O) groups excluding carboxylic acids is 2. The van der Waals surface area contributed by atoms with Crippen molar-refractivity contribution in [3.63, 3.8) is 0 Å². The second-order valence-electron chi connectivity index (χ2n) is 7.87. The standard InChI is InChI=1S/C28H32N2O3/c1-2-29-28(32)26(21-23-13-6-3-7-14-23)30(22-24-15-8-4-9-16-24)27(31)19-12-20-33-25-17-10-5-11-18-25/h3-11,13-18,26H,2,12,19-22H2,1H3,(H,29,32)/t26-/m1/s1. The van der Waals surface area contributed by atoms with E-state index < -0.39 is 6.04 Å². The molecule has 1 atom stereocenters. The number of ether oxygens (including phenoxy) is 1. The average Bonchev–Trinajstić information content (AvgIpc) is 2.86. The van der Waals surface area contributed by atoms with Crippen LogP contribution < -0.4 is 10.1 Å². The van der Waals surface area contributed by atoms with E-state index in [4.69, 9.17) is 4.74 Å². The van der Waals surface area contributed by atoms with Gasteiger partial charge in [-0.05, 0) is 36.6 Å². The molecular weight excluding hydrogens is 412 g/mol. The Hall–Kier alpha value is -3.60. The summed E-state index contributed by atoms with van der Waals surface area (Å²) in [7, 11) is 0. The van der Waals surface area contributed by atoms with Crippen LogP contribution in [0.2, 0.25) is 0 Å². The minimum Gasteiger partial charge on any atom is -0.494 e. The smallest absolute Gasteiger partial charge is 0.243 e. The van der Waals surface area contributed by atoms with Crippen LogP contribution in [-0.4, -0.2) is 35.9 Å². The molecular formula is C28H32N2O3. The summed E-state index contributed by atoms with van der Waals surface area (Å²) in [5, 5.41) is 2.92. The number of nitrogens with zero attached hydrogens (tertiary/aromatic N) is 1. The molecule has 3 rings (SSSR count). The lowest BCUT2D eigenvalue weighted by atomic mass is 10.0. The lowest BCUT2D eigenvalue weighted by Crippen LogP contribution is -2.50. The van der Waals surface area contributed by atoms with Gasteiger partial charge in [-0.1, -0.05) is 78.9 Å². The Kier molecular flexibility index (Phi) is 9.52. The number of carbonyl (C=O) groups is 2. The number of likely N-dealkylation sites (N-methyl/N-ethyl adjacent to an activating group) is 1. The number of benzene rings is 3. The van der Waals surface area contributed by atoms with Crippen LogP contribution in [0.5, 0.6) is 5.75 Å². The molecule has 1 N–H and O–H groups in total. The first-order valence-corrected chi connectivity index (χ1v) is 11.5. The summed E-state index contributed by atoms with van der Waals surface area (Å²) in [6.45, 7) is 3.23. The first-order valence-electron chi connectivity index (χ1n) is 11.5. The van der Waals surface area contributed by atoms with Crippen molar-refractivity contribution >= 4 is 11.8 Å². The minimum atomic E-state index is -0.588. The van der Waals surface area contributed by atoms with E-state index in [2.05, 4.69) is 5.32 Å². The van der Waals surface area contributed by atoms with Gasteiger partial charge in [0.15, 0.2) is 0 Å². The van der Waals surface area contributed by atoms with E-state index in [1.165, 1.54) is 0 Å². The van der Waals surface area contributed by atoms with Gasteiger partial charge in [0.25, 0.3) is 0 Å². The van der Waals surface area contributed by atoms with E-state index in [1.807, 2.05) is 97.9 Å². The Labute approximate surface area is 196 Å². The maximum Gasteiger partial charge on any atom is 0.243 e. The Bertz CT molecular complexity index is 978. The molecule has 33 heavy (non-hydrogen) atoms. The minimum absolute atomic E-state index is 0.0531. The Balaban J connectivity index is 1.74.